The number of nitrogens with one attached hydrogen (secondary N) is 1. The zero-order valence-corrected chi connectivity index (χ0v) is 13.8. The van der Waals surface area contributed by atoms with Crippen LogP contribution in [0.25, 0.3) is 10.6 Å². The quantitative estimate of drug-likeness (QED) is 0.740. The highest BCUT2D eigenvalue weighted by Gasteiger charge is 2.23. The third kappa shape index (κ3) is 3.16. The van der Waals surface area contributed by atoms with Crippen LogP contribution in [-0.4, -0.2) is 11.1 Å². The average Bonchev–Trinajstić information content (AvgIpc) is 3.20. The number of aromatic nitrogens is 1. The van der Waals surface area contributed by atoms with Crippen molar-refractivity contribution in [2.45, 2.75) is 19.9 Å². The van der Waals surface area contributed by atoms with Gasteiger partial charge < -0.3 is 15.6 Å². The first kappa shape index (κ1) is 16.2. The van der Waals surface area contributed by atoms with Crippen molar-refractivity contribution in [1.82, 2.24) is 10.5 Å². The number of amides is 1. The molecule has 7 heteroatoms. The highest BCUT2D eigenvalue weighted by Crippen LogP contribution is 2.32. The summed E-state index contributed by atoms with van der Waals surface area (Å²) in [5.41, 5.74) is 6.74. The molecule has 124 valence electrons. The number of rotatable bonds is 5. The Hall–Kier alpha value is -2.67. The molecular formula is C17H16FN3O2S. The number of nitrogen functional groups attached to an aromatic ring is 1. The summed E-state index contributed by atoms with van der Waals surface area (Å²) in [5, 5.41) is 6.56. The molecular weight excluding hydrogens is 329 g/mol. The molecule has 0 saturated carbocycles. The van der Waals surface area contributed by atoms with Crippen LogP contribution in [0.3, 0.4) is 0 Å². The molecule has 3 aromatic rings. The van der Waals surface area contributed by atoms with E-state index in [0.29, 0.717) is 11.3 Å². The zero-order chi connectivity index (χ0) is 17.1. The molecule has 2 heterocycles. The van der Waals surface area contributed by atoms with E-state index in [4.69, 9.17) is 10.3 Å². The van der Waals surface area contributed by atoms with Crippen LogP contribution in [0.2, 0.25) is 0 Å². The number of carbonyl (C=O) groups is 1. The minimum atomic E-state index is -0.446. The fourth-order valence-corrected chi connectivity index (χ4v) is 3.23. The molecule has 0 radical (unpaired) electrons. The Balaban J connectivity index is 1.82. The van der Waals surface area contributed by atoms with Gasteiger partial charge in [0, 0.05) is 17.0 Å². The molecule has 0 aliphatic carbocycles. The van der Waals surface area contributed by atoms with E-state index in [9.17, 15) is 9.18 Å². The molecule has 0 aliphatic rings. The number of nitrogens with zero attached hydrogens (tertiary/aromatic N) is 1. The Morgan fingerprint density at radius 3 is 2.83 bits per heavy atom. The van der Waals surface area contributed by atoms with E-state index in [1.807, 2.05) is 12.1 Å². The minimum Gasteiger partial charge on any atom is -0.367 e. The van der Waals surface area contributed by atoms with Gasteiger partial charge in [0.25, 0.3) is 5.91 Å². The summed E-state index contributed by atoms with van der Waals surface area (Å²) in [5.74, 6) is -0.872. The molecule has 0 bridgehead atoms. The first-order valence-electron chi connectivity index (χ1n) is 7.46. The van der Waals surface area contributed by atoms with Crippen molar-refractivity contribution in [2.75, 3.05) is 5.73 Å². The van der Waals surface area contributed by atoms with Gasteiger partial charge in [-0.25, -0.2) is 4.39 Å². The third-order valence-corrected chi connectivity index (χ3v) is 4.82. The number of thiophene rings is 1. The van der Waals surface area contributed by atoms with Crippen LogP contribution in [-0.2, 0) is 13.0 Å². The summed E-state index contributed by atoms with van der Waals surface area (Å²) in [6, 6.07) is 10.1. The van der Waals surface area contributed by atoms with E-state index in [2.05, 4.69) is 17.4 Å². The van der Waals surface area contributed by atoms with Crippen molar-refractivity contribution < 1.29 is 13.7 Å². The van der Waals surface area contributed by atoms with Crippen LogP contribution in [0.1, 0.15) is 27.7 Å². The van der Waals surface area contributed by atoms with Crippen LogP contribution in [0.4, 0.5) is 10.3 Å². The maximum atomic E-state index is 13.6. The second-order valence-corrected chi connectivity index (χ2v) is 6.33. The van der Waals surface area contributed by atoms with Gasteiger partial charge >= 0.3 is 0 Å². The Labute approximate surface area is 142 Å². The number of carbonyl (C=O) groups excluding carboxylic acids is 1. The molecule has 0 aliphatic heterocycles. The molecule has 5 nitrogen and oxygen atoms in total. The fraction of sp³-hybridized carbons (Fsp3) is 0.176. The topological polar surface area (TPSA) is 81.2 Å². The molecule has 0 unspecified atom stereocenters. The van der Waals surface area contributed by atoms with Crippen molar-refractivity contribution in [3.8, 4) is 10.6 Å². The molecule has 1 aromatic carbocycles. The van der Waals surface area contributed by atoms with E-state index in [0.717, 1.165) is 11.3 Å². The molecule has 24 heavy (non-hydrogen) atoms. The predicted octanol–water partition coefficient (Wildman–Crippen LogP) is 3.62. The maximum Gasteiger partial charge on any atom is 0.259 e. The SMILES string of the molecule is CCc1ccc(-c2noc(N)c2C(=O)NCc2ccccc2F)s1. The monoisotopic (exact) mass is 345 g/mol. The Kier molecular flexibility index (Phi) is 4.61. The summed E-state index contributed by atoms with van der Waals surface area (Å²) >= 11 is 1.53. The first-order valence-corrected chi connectivity index (χ1v) is 8.27. The number of halogens is 1. The first-order chi connectivity index (χ1) is 11.6. The lowest BCUT2D eigenvalue weighted by Crippen LogP contribution is -2.24. The second-order valence-electron chi connectivity index (χ2n) is 5.16. The van der Waals surface area contributed by atoms with Crippen molar-refractivity contribution in [2.24, 2.45) is 0 Å². The van der Waals surface area contributed by atoms with E-state index in [-0.39, 0.29) is 23.8 Å². The number of nitrogens with two attached hydrogens (primary N) is 1. The van der Waals surface area contributed by atoms with Gasteiger partial charge in [-0.1, -0.05) is 30.3 Å². The van der Waals surface area contributed by atoms with Crippen molar-refractivity contribution in [1.29, 1.82) is 0 Å². The van der Waals surface area contributed by atoms with Gasteiger partial charge in [0.15, 0.2) is 0 Å². The summed E-state index contributed by atoms with van der Waals surface area (Å²) in [6.45, 7) is 2.11. The van der Waals surface area contributed by atoms with Crippen LogP contribution in [0, 0.1) is 5.82 Å². The Bertz CT molecular complexity index is 872. The zero-order valence-electron chi connectivity index (χ0n) is 13.0. The number of benzene rings is 1. The van der Waals surface area contributed by atoms with Gasteiger partial charge in [-0.3, -0.25) is 4.79 Å². The number of aryl methyl sites for hydroxylation is 1. The van der Waals surface area contributed by atoms with Gasteiger partial charge in [-0.15, -0.1) is 11.3 Å². The van der Waals surface area contributed by atoms with E-state index < -0.39 is 5.91 Å². The highest BCUT2D eigenvalue weighted by atomic mass is 32.1. The molecule has 2 aromatic heterocycles. The summed E-state index contributed by atoms with van der Waals surface area (Å²) in [7, 11) is 0. The van der Waals surface area contributed by atoms with Gasteiger partial charge in [0.2, 0.25) is 5.88 Å². The van der Waals surface area contributed by atoms with Crippen LogP contribution in [0.5, 0.6) is 0 Å². The van der Waals surface area contributed by atoms with Gasteiger partial charge in [-0.05, 0) is 24.6 Å². The van der Waals surface area contributed by atoms with Crippen LogP contribution < -0.4 is 11.1 Å². The molecule has 3 N–H and O–H groups in total. The normalized spacial score (nSPS) is 10.8. The molecule has 0 fully saturated rings. The molecule has 3 rings (SSSR count). The minimum absolute atomic E-state index is 0.0533. The van der Waals surface area contributed by atoms with Crippen molar-refractivity contribution in [3.63, 3.8) is 0 Å². The lowest BCUT2D eigenvalue weighted by atomic mass is 10.1. The standard InChI is InChI=1S/C17H16FN3O2S/c1-2-11-7-8-13(24-11)15-14(16(19)23-21-15)17(22)20-9-10-5-3-4-6-12(10)18/h3-8H,2,9,19H2,1H3,(H,20,22). The largest absolute Gasteiger partial charge is 0.367 e. The summed E-state index contributed by atoms with van der Waals surface area (Å²) in [4.78, 5) is 14.5. The smallest absolute Gasteiger partial charge is 0.259 e. The molecule has 1 amide bonds. The molecule has 0 saturated heterocycles. The summed E-state index contributed by atoms with van der Waals surface area (Å²) in [6.07, 6.45) is 0.896. The Morgan fingerprint density at radius 2 is 2.12 bits per heavy atom. The van der Waals surface area contributed by atoms with Crippen molar-refractivity contribution in [3.05, 3.63) is 58.2 Å². The summed E-state index contributed by atoms with van der Waals surface area (Å²) < 4.78 is 18.6. The highest BCUT2D eigenvalue weighted by molar-refractivity contribution is 7.15. The predicted molar refractivity (Wildman–Crippen MR) is 91.2 cm³/mol. The van der Waals surface area contributed by atoms with Gasteiger partial charge in [0.05, 0.1) is 4.88 Å². The third-order valence-electron chi connectivity index (χ3n) is 3.59. The fourth-order valence-electron chi connectivity index (χ4n) is 2.29. The van der Waals surface area contributed by atoms with Gasteiger partial charge in [-0.2, -0.15) is 0 Å². The number of hydrogen-bond donors (Lipinski definition) is 2. The lowest BCUT2D eigenvalue weighted by Gasteiger charge is -2.06. The van der Waals surface area contributed by atoms with E-state index in [1.54, 1.807) is 18.2 Å². The molecule has 0 spiro atoms. The van der Waals surface area contributed by atoms with Crippen LogP contribution in [0.15, 0.2) is 40.9 Å². The number of hydrogen-bond acceptors (Lipinski definition) is 5. The maximum absolute atomic E-state index is 13.6. The van der Waals surface area contributed by atoms with E-state index in [1.165, 1.54) is 22.3 Å². The lowest BCUT2D eigenvalue weighted by molar-refractivity contribution is 0.0951. The van der Waals surface area contributed by atoms with Gasteiger partial charge in [0.1, 0.15) is 17.1 Å². The average molecular weight is 345 g/mol. The van der Waals surface area contributed by atoms with Crippen LogP contribution >= 0.6 is 11.3 Å². The second kappa shape index (κ2) is 6.84. The number of anilines is 1. The van der Waals surface area contributed by atoms with Crippen molar-refractivity contribution >= 4 is 23.1 Å². The Morgan fingerprint density at radius 1 is 1.33 bits per heavy atom. The van der Waals surface area contributed by atoms with E-state index >= 15 is 0 Å². The molecule has 0 atom stereocenters.